The number of amides is 1. The summed E-state index contributed by atoms with van der Waals surface area (Å²) in [5.41, 5.74) is 0.500. The highest BCUT2D eigenvalue weighted by Gasteiger charge is 2.20. The van der Waals surface area contributed by atoms with Crippen LogP contribution < -0.4 is 11.2 Å². The zero-order valence-electron chi connectivity index (χ0n) is 12.1. The van der Waals surface area contributed by atoms with Gasteiger partial charge in [-0.3, -0.25) is 10.2 Å². The summed E-state index contributed by atoms with van der Waals surface area (Å²) in [5.74, 6) is 5.24. The van der Waals surface area contributed by atoms with Crippen LogP contribution in [0.1, 0.15) is 40.2 Å². The molecule has 1 aromatic rings. The number of ether oxygens (including phenoxy) is 1. The third kappa shape index (κ3) is 4.89. The molecular weight excluding hydrogens is 244 g/mol. The number of benzene rings is 1. The van der Waals surface area contributed by atoms with Crippen LogP contribution in [0.15, 0.2) is 24.3 Å². The number of nitrogens with one attached hydrogen (secondary N) is 1. The van der Waals surface area contributed by atoms with Crippen molar-refractivity contribution < 1.29 is 14.4 Å². The second-order valence-electron chi connectivity index (χ2n) is 5.83. The maximum atomic E-state index is 11.6. The van der Waals surface area contributed by atoms with E-state index in [1.54, 1.807) is 12.1 Å². The van der Waals surface area contributed by atoms with Gasteiger partial charge in [0.05, 0.1) is 0 Å². The minimum Gasteiger partial charge on any atom is -0.444 e. The van der Waals surface area contributed by atoms with Crippen molar-refractivity contribution in [3.8, 4) is 0 Å². The molecule has 3 N–H and O–H groups in total. The van der Waals surface area contributed by atoms with Gasteiger partial charge < -0.3 is 4.74 Å². The first-order valence-corrected chi connectivity index (χ1v) is 6.12. The average Bonchev–Trinajstić information content (AvgIpc) is 2.27. The quantitative estimate of drug-likeness (QED) is 0.824. The van der Waals surface area contributed by atoms with Gasteiger partial charge in [-0.2, -0.15) is 0 Å². The Labute approximate surface area is 114 Å². The number of hydrogen-bond donors (Lipinski definition) is 2. The van der Waals surface area contributed by atoms with E-state index in [1.165, 1.54) is 0 Å². The SMILES string of the molecule is CC(C)(C)OC(=O)Nc1ccc(C(C)(C)ON)cc1. The maximum Gasteiger partial charge on any atom is 0.412 e. The van der Waals surface area contributed by atoms with Gasteiger partial charge in [-0.1, -0.05) is 12.1 Å². The smallest absolute Gasteiger partial charge is 0.412 e. The predicted octanol–water partition coefficient (Wildman–Crippen LogP) is 3.16. The van der Waals surface area contributed by atoms with Crippen LogP contribution >= 0.6 is 0 Å². The van der Waals surface area contributed by atoms with Crippen LogP contribution in [0.2, 0.25) is 0 Å². The maximum absolute atomic E-state index is 11.6. The monoisotopic (exact) mass is 266 g/mol. The summed E-state index contributed by atoms with van der Waals surface area (Å²) in [4.78, 5) is 16.5. The normalized spacial score (nSPS) is 12.1. The highest BCUT2D eigenvalue weighted by molar-refractivity contribution is 5.84. The molecule has 1 rings (SSSR count). The number of hydrogen-bond acceptors (Lipinski definition) is 4. The molecule has 0 atom stereocenters. The van der Waals surface area contributed by atoms with E-state index in [-0.39, 0.29) is 0 Å². The zero-order valence-corrected chi connectivity index (χ0v) is 12.1. The summed E-state index contributed by atoms with van der Waals surface area (Å²) in [6.07, 6.45) is -0.477. The lowest BCUT2D eigenvalue weighted by molar-refractivity contribution is -0.0236. The molecule has 0 aromatic heterocycles. The first-order valence-electron chi connectivity index (χ1n) is 6.12. The Morgan fingerprint density at radius 2 is 1.63 bits per heavy atom. The number of carbonyl (C=O) groups is 1. The van der Waals surface area contributed by atoms with E-state index in [0.29, 0.717) is 5.69 Å². The number of rotatable bonds is 3. The molecule has 0 saturated heterocycles. The molecule has 0 fully saturated rings. The van der Waals surface area contributed by atoms with E-state index in [4.69, 9.17) is 15.5 Å². The standard InChI is InChI=1S/C14H22N2O3/c1-13(2,3)18-12(17)16-11-8-6-10(7-9-11)14(4,5)19-15/h6-9H,15H2,1-5H3,(H,16,17). The minimum atomic E-state index is -0.565. The Kier molecular flexibility index (Phi) is 4.55. The van der Waals surface area contributed by atoms with Crippen LogP contribution in [-0.2, 0) is 15.2 Å². The Hall–Kier alpha value is -1.59. The molecule has 0 aliphatic rings. The van der Waals surface area contributed by atoms with Crippen LogP contribution in [0.3, 0.4) is 0 Å². The lowest BCUT2D eigenvalue weighted by atomic mass is 9.98. The van der Waals surface area contributed by atoms with Crippen molar-refractivity contribution in [2.45, 2.75) is 45.8 Å². The van der Waals surface area contributed by atoms with Crippen LogP contribution in [0.5, 0.6) is 0 Å². The molecule has 0 heterocycles. The van der Waals surface area contributed by atoms with Crippen molar-refractivity contribution in [2.24, 2.45) is 5.90 Å². The van der Waals surface area contributed by atoms with Gasteiger partial charge in [0.2, 0.25) is 0 Å². The Bertz CT molecular complexity index is 433. The molecule has 0 bridgehead atoms. The third-order valence-corrected chi connectivity index (χ3v) is 2.52. The fourth-order valence-electron chi connectivity index (χ4n) is 1.44. The molecule has 0 aliphatic heterocycles. The molecule has 5 nitrogen and oxygen atoms in total. The minimum absolute atomic E-state index is 0.477. The second-order valence-corrected chi connectivity index (χ2v) is 5.83. The molecule has 0 unspecified atom stereocenters. The topological polar surface area (TPSA) is 73.6 Å². The van der Waals surface area contributed by atoms with Crippen molar-refractivity contribution in [1.82, 2.24) is 0 Å². The summed E-state index contributed by atoms with van der Waals surface area (Å²) in [6.45, 7) is 9.18. The first kappa shape index (κ1) is 15.5. The number of carbonyl (C=O) groups excluding carboxylic acids is 1. The fraction of sp³-hybridized carbons (Fsp3) is 0.500. The molecule has 0 saturated carbocycles. The molecule has 1 amide bonds. The fourth-order valence-corrected chi connectivity index (χ4v) is 1.44. The summed E-state index contributed by atoms with van der Waals surface area (Å²) in [7, 11) is 0. The third-order valence-electron chi connectivity index (χ3n) is 2.52. The molecule has 19 heavy (non-hydrogen) atoms. The van der Waals surface area contributed by atoms with Crippen molar-refractivity contribution in [3.05, 3.63) is 29.8 Å². The summed E-state index contributed by atoms with van der Waals surface area (Å²) < 4.78 is 5.17. The Balaban J connectivity index is 2.70. The summed E-state index contributed by atoms with van der Waals surface area (Å²) in [5, 5.41) is 2.66. The van der Waals surface area contributed by atoms with Gasteiger partial charge in [0.15, 0.2) is 0 Å². The largest absolute Gasteiger partial charge is 0.444 e. The molecule has 106 valence electrons. The Morgan fingerprint density at radius 3 is 2.05 bits per heavy atom. The van der Waals surface area contributed by atoms with E-state index in [1.807, 2.05) is 46.8 Å². The second kappa shape index (κ2) is 5.59. The highest BCUT2D eigenvalue weighted by Crippen LogP contribution is 2.24. The average molecular weight is 266 g/mol. The van der Waals surface area contributed by atoms with Crippen LogP contribution in [-0.4, -0.2) is 11.7 Å². The molecular formula is C14H22N2O3. The van der Waals surface area contributed by atoms with Crippen LogP contribution in [0.4, 0.5) is 10.5 Å². The van der Waals surface area contributed by atoms with Crippen molar-refractivity contribution in [3.63, 3.8) is 0 Å². The predicted molar refractivity (Wildman–Crippen MR) is 74.6 cm³/mol. The van der Waals surface area contributed by atoms with Gasteiger partial charge >= 0.3 is 6.09 Å². The summed E-state index contributed by atoms with van der Waals surface area (Å²) >= 11 is 0. The van der Waals surface area contributed by atoms with Crippen molar-refractivity contribution in [1.29, 1.82) is 0 Å². The molecule has 1 aromatic carbocycles. The number of nitrogens with two attached hydrogens (primary N) is 1. The lowest BCUT2D eigenvalue weighted by Crippen LogP contribution is -2.27. The lowest BCUT2D eigenvalue weighted by Gasteiger charge is -2.23. The highest BCUT2D eigenvalue weighted by atomic mass is 16.6. The van der Waals surface area contributed by atoms with Gasteiger partial charge in [-0.15, -0.1) is 0 Å². The van der Waals surface area contributed by atoms with E-state index in [2.05, 4.69) is 5.32 Å². The molecule has 0 aliphatic carbocycles. The molecule has 5 heteroatoms. The van der Waals surface area contributed by atoms with E-state index in [9.17, 15) is 4.79 Å². The van der Waals surface area contributed by atoms with Crippen LogP contribution in [0, 0.1) is 0 Å². The van der Waals surface area contributed by atoms with Gasteiger partial charge in [0.1, 0.15) is 11.2 Å². The van der Waals surface area contributed by atoms with Crippen molar-refractivity contribution >= 4 is 11.8 Å². The van der Waals surface area contributed by atoms with E-state index in [0.717, 1.165) is 5.56 Å². The van der Waals surface area contributed by atoms with Gasteiger partial charge in [-0.05, 0) is 52.3 Å². The summed E-state index contributed by atoms with van der Waals surface area (Å²) in [6, 6.07) is 7.25. The number of anilines is 1. The van der Waals surface area contributed by atoms with Gasteiger partial charge in [-0.25, -0.2) is 10.7 Å². The first-order chi connectivity index (χ1) is 8.64. The van der Waals surface area contributed by atoms with Gasteiger partial charge in [0.25, 0.3) is 0 Å². The van der Waals surface area contributed by atoms with E-state index >= 15 is 0 Å². The zero-order chi connectivity index (χ0) is 14.7. The van der Waals surface area contributed by atoms with Gasteiger partial charge in [0, 0.05) is 5.69 Å². The van der Waals surface area contributed by atoms with Crippen molar-refractivity contribution in [2.75, 3.05) is 5.32 Å². The van der Waals surface area contributed by atoms with E-state index < -0.39 is 17.3 Å². The molecule has 0 radical (unpaired) electrons. The molecule has 0 spiro atoms. The van der Waals surface area contributed by atoms with Crippen LogP contribution in [0.25, 0.3) is 0 Å². The Morgan fingerprint density at radius 1 is 1.11 bits per heavy atom.